The van der Waals surface area contributed by atoms with Gasteiger partial charge in [-0.15, -0.1) is 0 Å². The van der Waals surface area contributed by atoms with E-state index in [0.717, 1.165) is 6.07 Å². The Morgan fingerprint density at radius 3 is 2.42 bits per heavy atom. The van der Waals surface area contributed by atoms with Crippen molar-refractivity contribution < 1.29 is 22.4 Å². The van der Waals surface area contributed by atoms with Gasteiger partial charge in [0.1, 0.15) is 11.4 Å². The zero-order valence-electron chi connectivity index (χ0n) is 10.1. The number of nitrogens with two attached hydrogens (primary N) is 1. The molecule has 1 amide bonds. The van der Waals surface area contributed by atoms with Crippen LogP contribution in [0.1, 0.15) is 28.8 Å². The van der Waals surface area contributed by atoms with Crippen LogP contribution in [0.3, 0.4) is 0 Å². The summed E-state index contributed by atoms with van der Waals surface area (Å²) >= 11 is 0. The van der Waals surface area contributed by atoms with Crippen LogP contribution in [-0.4, -0.2) is 17.6 Å². The Morgan fingerprint density at radius 1 is 1.37 bits per heavy atom. The molecule has 104 valence electrons. The summed E-state index contributed by atoms with van der Waals surface area (Å²) in [6, 6.07) is 2.34. The van der Waals surface area contributed by atoms with Gasteiger partial charge in [-0.2, -0.15) is 13.2 Å². The molecule has 0 spiro atoms. The van der Waals surface area contributed by atoms with Gasteiger partial charge in [0.25, 0.3) is 5.91 Å². The number of anilines is 1. The van der Waals surface area contributed by atoms with Crippen molar-refractivity contribution in [1.29, 1.82) is 0 Å². The highest BCUT2D eigenvalue weighted by Crippen LogP contribution is 2.49. The lowest BCUT2D eigenvalue weighted by molar-refractivity contribution is -0.163. The highest BCUT2D eigenvalue weighted by molar-refractivity contribution is 5.96. The van der Waals surface area contributed by atoms with Gasteiger partial charge in [0.15, 0.2) is 0 Å². The van der Waals surface area contributed by atoms with E-state index in [9.17, 15) is 22.4 Å². The summed E-state index contributed by atoms with van der Waals surface area (Å²) in [4.78, 5) is 11.8. The molecule has 0 saturated heterocycles. The first-order valence-electron chi connectivity index (χ1n) is 5.61. The second-order valence-corrected chi connectivity index (χ2v) is 4.73. The number of halogens is 4. The van der Waals surface area contributed by atoms with Crippen LogP contribution in [0.4, 0.5) is 23.2 Å². The minimum atomic E-state index is -4.53. The number of nitrogens with one attached hydrogen (secondary N) is 1. The fourth-order valence-corrected chi connectivity index (χ4v) is 1.85. The summed E-state index contributed by atoms with van der Waals surface area (Å²) in [6.07, 6.45) is -4.91. The van der Waals surface area contributed by atoms with Crippen molar-refractivity contribution in [3.05, 3.63) is 29.1 Å². The first kappa shape index (κ1) is 13.6. The van der Waals surface area contributed by atoms with Gasteiger partial charge in [0, 0.05) is 5.69 Å². The molecule has 0 aromatic heterocycles. The van der Waals surface area contributed by atoms with Crippen LogP contribution < -0.4 is 11.1 Å². The second kappa shape index (κ2) is 4.11. The van der Waals surface area contributed by atoms with Gasteiger partial charge >= 0.3 is 6.18 Å². The first-order valence-corrected chi connectivity index (χ1v) is 5.61. The Balaban J connectivity index is 2.27. The molecule has 0 radical (unpaired) electrons. The number of rotatable bonds is 2. The fraction of sp³-hybridized carbons (Fsp3) is 0.417. The van der Waals surface area contributed by atoms with Crippen LogP contribution in [0.15, 0.2) is 12.1 Å². The SMILES string of the molecule is Cc1cc(N)cc(C(=O)NC2(C(F)(F)F)CC2)c1F. The van der Waals surface area contributed by atoms with Gasteiger partial charge in [0.05, 0.1) is 5.56 Å². The third kappa shape index (κ3) is 2.36. The predicted molar refractivity (Wildman–Crippen MR) is 61.0 cm³/mol. The van der Waals surface area contributed by atoms with Crippen molar-refractivity contribution >= 4 is 11.6 Å². The maximum Gasteiger partial charge on any atom is 0.411 e. The third-order valence-corrected chi connectivity index (χ3v) is 3.17. The van der Waals surface area contributed by atoms with Crippen LogP contribution >= 0.6 is 0 Å². The Morgan fingerprint density at radius 2 is 1.95 bits per heavy atom. The molecule has 7 heteroatoms. The summed E-state index contributed by atoms with van der Waals surface area (Å²) < 4.78 is 51.8. The molecule has 3 N–H and O–H groups in total. The van der Waals surface area contributed by atoms with Gasteiger partial charge in [-0.1, -0.05) is 0 Å². The Bertz CT molecular complexity index is 535. The van der Waals surface area contributed by atoms with E-state index in [2.05, 4.69) is 0 Å². The van der Waals surface area contributed by atoms with Crippen LogP contribution in [-0.2, 0) is 0 Å². The van der Waals surface area contributed by atoms with Crippen molar-refractivity contribution in [2.24, 2.45) is 0 Å². The molecule has 1 aromatic rings. The largest absolute Gasteiger partial charge is 0.411 e. The number of hydrogen-bond donors (Lipinski definition) is 2. The first-order chi connectivity index (χ1) is 8.66. The molecule has 0 unspecified atom stereocenters. The summed E-state index contributed by atoms with van der Waals surface area (Å²) in [5.74, 6) is -1.95. The molecule has 1 aliphatic rings. The molecule has 1 aliphatic carbocycles. The molecule has 0 bridgehead atoms. The zero-order chi connectivity index (χ0) is 14.4. The monoisotopic (exact) mass is 276 g/mol. The average Bonchev–Trinajstić information content (AvgIpc) is 3.03. The molecular weight excluding hydrogens is 264 g/mol. The van der Waals surface area contributed by atoms with E-state index in [1.165, 1.54) is 13.0 Å². The number of hydrogen-bond acceptors (Lipinski definition) is 2. The zero-order valence-corrected chi connectivity index (χ0v) is 10.1. The molecule has 1 saturated carbocycles. The fourth-order valence-electron chi connectivity index (χ4n) is 1.85. The molecule has 0 atom stereocenters. The van der Waals surface area contributed by atoms with Gasteiger partial charge in [-0.25, -0.2) is 4.39 Å². The summed E-state index contributed by atoms with van der Waals surface area (Å²) in [6.45, 7) is 1.39. The van der Waals surface area contributed by atoms with Crippen LogP contribution in [0.2, 0.25) is 0 Å². The second-order valence-electron chi connectivity index (χ2n) is 4.73. The lowest BCUT2D eigenvalue weighted by Crippen LogP contribution is -2.48. The minimum Gasteiger partial charge on any atom is -0.399 e. The Labute approximate surface area is 106 Å². The summed E-state index contributed by atoms with van der Waals surface area (Å²) in [5, 5.41) is 1.86. The lowest BCUT2D eigenvalue weighted by atomic mass is 10.1. The van der Waals surface area contributed by atoms with E-state index in [-0.39, 0.29) is 24.1 Å². The molecule has 0 aliphatic heterocycles. The summed E-state index contributed by atoms with van der Waals surface area (Å²) in [7, 11) is 0. The number of carbonyl (C=O) groups excluding carboxylic acids is 1. The lowest BCUT2D eigenvalue weighted by Gasteiger charge is -2.21. The highest BCUT2D eigenvalue weighted by atomic mass is 19.4. The normalized spacial score (nSPS) is 17.1. The topological polar surface area (TPSA) is 55.1 Å². The third-order valence-electron chi connectivity index (χ3n) is 3.17. The molecule has 19 heavy (non-hydrogen) atoms. The molecule has 2 rings (SSSR count). The van der Waals surface area contributed by atoms with Gasteiger partial charge in [0.2, 0.25) is 0 Å². The van der Waals surface area contributed by atoms with E-state index in [4.69, 9.17) is 5.73 Å². The van der Waals surface area contributed by atoms with Crippen molar-refractivity contribution in [3.8, 4) is 0 Å². The number of alkyl halides is 3. The van der Waals surface area contributed by atoms with E-state index in [0.29, 0.717) is 0 Å². The Kier molecular flexibility index (Phi) is 2.95. The van der Waals surface area contributed by atoms with Gasteiger partial charge < -0.3 is 11.1 Å². The van der Waals surface area contributed by atoms with Crippen LogP contribution in [0, 0.1) is 12.7 Å². The van der Waals surface area contributed by atoms with Crippen molar-refractivity contribution in [2.75, 3.05) is 5.73 Å². The minimum absolute atomic E-state index is 0.113. The molecule has 3 nitrogen and oxygen atoms in total. The quantitative estimate of drug-likeness (QED) is 0.644. The number of amides is 1. The summed E-state index contributed by atoms with van der Waals surface area (Å²) in [5.41, 5.74) is 3.02. The molecule has 1 aromatic carbocycles. The standard InChI is InChI=1S/C12H12F4N2O/c1-6-4-7(17)5-8(9(6)13)10(19)18-11(2-3-11)12(14,15)16/h4-5H,2-3,17H2,1H3,(H,18,19). The van der Waals surface area contributed by atoms with E-state index < -0.39 is 29.0 Å². The maximum atomic E-state index is 13.7. The number of aryl methyl sites for hydroxylation is 1. The van der Waals surface area contributed by atoms with Crippen LogP contribution in [0.5, 0.6) is 0 Å². The number of benzene rings is 1. The van der Waals surface area contributed by atoms with Gasteiger partial charge in [-0.05, 0) is 37.5 Å². The predicted octanol–water partition coefficient (Wildman–Crippen LogP) is 2.54. The van der Waals surface area contributed by atoms with Crippen molar-refractivity contribution in [3.63, 3.8) is 0 Å². The number of carbonyl (C=O) groups is 1. The van der Waals surface area contributed by atoms with E-state index in [1.807, 2.05) is 5.32 Å². The molecular formula is C12H12F4N2O. The van der Waals surface area contributed by atoms with Gasteiger partial charge in [-0.3, -0.25) is 4.79 Å². The average molecular weight is 276 g/mol. The van der Waals surface area contributed by atoms with E-state index >= 15 is 0 Å². The van der Waals surface area contributed by atoms with E-state index in [1.54, 1.807) is 0 Å². The Hall–Kier alpha value is -1.79. The number of nitrogen functional groups attached to an aromatic ring is 1. The molecule has 0 heterocycles. The molecule has 1 fully saturated rings. The highest BCUT2D eigenvalue weighted by Gasteiger charge is 2.64. The van der Waals surface area contributed by atoms with Crippen LogP contribution in [0.25, 0.3) is 0 Å². The van der Waals surface area contributed by atoms with Crippen molar-refractivity contribution in [2.45, 2.75) is 31.5 Å². The maximum absolute atomic E-state index is 13.7. The van der Waals surface area contributed by atoms with Crippen molar-refractivity contribution in [1.82, 2.24) is 5.32 Å². The smallest absolute Gasteiger partial charge is 0.399 e.